The summed E-state index contributed by atoms with van der Waals surface area (Å²) in [6, 6.07) is 0. The Morgan fingerprint density at radius 2 is 2.14 bits per heavy atom. The maximum absolute atomic E-state index is 10.5. The van der Waals surface area contributed by atoms with Crippen molar-refractivity contribution in [3.05, 3.63) is 16.4 Å². The van der Waals surface area contributed by atoms with Crippen molar-refractivity contribution in [2.45, 2.75) is 38.8 Å². The minimum absolute atomic E-state index is 0.0735. The molecular formula is C14H22ClN3O3. The number of carboxylic acids is 1. The first-order valence-electron chi connectivity index (χ1n) is 7.21. The zero-order valence-electron chi connectivity index (χ0n) is 12.5. The Kier molecular flexibility index (Phi) is 5.61. The van der Waals surface area contributed by atoms with Crippen LogP contribution in [0.5, 0.6) is 0 Å². The van der Waals surface area contributed by atoms with E-state index in [1.807, 2.05) is 18.7 Å². The lowest BCUT2D eigenvalue weighted by atomic mass is 10.1. The maximum atomic E-state index is 10.5. The molecule has 0 bridgehead atoms. The number of aliphatic carboxylic acids is 1. The van der Waals surface area contributed by atoms with Gasteiger partial charge in [0.1, 0.15) is 0 Å². The van der Waals surface area contributed by atoms with E-state index in [2.05, 4.69) is 10.00 Å². The molecule has 7 heteroatoms. The third-order valence-electron chi connectivity index (χ3n) is 3.84. The molecule has 21 heavy (non-hydrogen) atoms. The molecule has 1 aromatic heterocycles. The molecule has 1 aliphatic heterocycles. The second kappa shape index (κ2) is 7.24. The van der Waals surface area contributed by atoms with Crippen molar-refractivity contribution < 1.29 is 14.6 Å². The SMILES string of the molecule is Cc1nn(C)c(CN2CCC(OCCC(=O)O)CC2)c1Cl. The molecule has 1 N–H and O–H groups in total. The molecule has 0 aromatic carbocycles. The molecule has 118 valence electrons. The summed E-state index contributed by atoms with van der Waals surface area (Å²) in [5.74, 6) is -0.811. The molecule has 1 saturated heterocycles. The number of halogens is 1. The number of carboxylic acid groups (broad SMARTS) is 1. The number of likely N-dealkylation sites (tertiary alicyclic amines) is 1. The summed E-state index contributed by atoms with van der Waals surface area (Å²) in [6.07, 6.45) is 2.09. The van der Waals surface area contributed by atoms with Gasteiger partial charge in [-0.1, -0.05) is 11.6 Å². The topological polar surface area (TPSA) is 67.6 Å². The van der Waals surface area contributed by atoms with Crippen molar-refractivity contribution in [1.29, 1.82) is 0 Å². The van der Waals surface area contributed by atoms with Gasteiger partial charge < -0.3 is 9.84 Å². The quantitative estimate of drug-likeness (QED) is 0.867. The van der Waals surface area contributed by atoms with Crippen LogP contribution in [0.1, 0.15) is 30.7 Å². The van der Waals surface area contributed by atoms with Gasteiger partial charge in [0.15, 0.2) is 0 Å². The summed E-state index contributed by atoms with van der Waals surface area (Å²) in [6.45, 7) is 4.86. The van der Waals surface area contributed by atoms with Crippen molar-refractivity contribution in [2.75, 3.05) is 19.7 Å². The lowest BCUT2D eigenvalue weighted by Gasteiger charge is -2.31. The molecule has 2 heterocycles. The molecule has 0 aliphatic carbocycles. The molecule has 0 unspecified atom stereocenters. The Morgan fingerprint density at radius 3 is 2.67 bits per heavy atom. The van der Waals surface area contributed by atoms with Crippen LogP contribution in [0.4, 0.5) is 0 Å². The average Bonchev–Trinajstić information content (AvgIpc) is 2.67. The third kappa shape index (κ3) is 4.43. The summed E-state index contributed by atoms with van der Waals surface area (Å²) in [5.41, 5.74) is 1.90. The molecule has 1 aromatic rings. The Hall–Kier alpha value is -1.11. The fraction of sp³-hybridized carbons (Fsp3) is 0.714. The lowest BCUT2D eigenvalue weighted by molar-refractivity contribution is -0.138. The largest absolute Gasteiger partial charge is 0.481 e. The Labute approximate surface area is 129 Å². The molecule has 0 saturated carbocycles. The van der Waals surface area contributed by atoms with Gasteiger partial charge in [-0.15, -0.1) is 0 Å². The first-order valence-corrected chi connectivity index (χ1v) is 7.59. The van der Waals surface area contributed by atoms with Crippen LogP contribution in [-0.4, -0.2) is 51.6 Å². The number of hydrogen-bond donors (Lipinski definition) is 1. The van der Waals surface area contributed by atoms with Gasteiger partial charge in [0.25, 0.3) is 0 Å². The highest BCUT2D eigenvalue weighted by atomic mass is 35.5. The third-order valence-corrected chi connectivity index (χ3v) is 4.33. The number of carbonyl (C=O) groups is 1. The van der Waals surface area contributed by atoms with E-state index in [1.165, 1.54) is 0 Å². The molecule has 0 amide bonds. The van der Waals surface area contributed by atoms with Crippen molar-refractivity contribution in [3.8, 4) is 0 Å². The number of aryl methyl sites for hydroxylation is 2. The van der Waals surface area contributed by atoms with Gasteiger partial charge in [-0.25, -0.2) is 0 Å². The number of aromatic nitrogens is 2. The summed E-state index contributed by atoms with van der Waals surface area (Å²) < 4.78 is 7.43. The van der Waals surface area contributed by atoms with Gasteiger partial charge in [-0.05, 0) is 19.8 Å². The maximum Gasteiger partial charge on any atom is 0.305 e. The second-order valence-corrected chi connectivity index (χ2v) is 5.84. The molecule has 0 radical (unpaired) electrons. The van der Waals surface area contributed by atoms with Crippen LogP contribution < -0.4 is 0 Å². The monoisotopic (exact) mass is 315 g/mol. The predicted molar refractivity (Wildman–Crippen MR) is 79.5 cm³/mol. The number of hydrogen-bond acceptors (Lipinski definition) is 4. The Balaban J connectivity index is 1.77. The molecule has 1 fully saturated rings. The van der Waals surface area contributed by atoms with E-state index >= 15 is 0 Å². The molecule has 6 nitrogen and oxygen atoms in total. The number of rotatable bonds is 6. The van der Waals surface area contributed by atoms with Crippen LogP contribution in [0.3, 0.4) is 0 Å². The Morgan fingerprint density at radius 1 is 1.48 bits per heavy atom. The smallest absolute Gasteiger partial charge is 0.305 e. The van der Waals surface area contributed by atoms with Crippen molar-refractivity contribution in [3.63, 3.8) is 0 Å². The predicted octanol–water partition coefficient (Wildman–Crippen LogP) is 1.84. The van der Waals surface area contributed by atoms with Crippen molar-refractivity contribution in [2.24, 2.45) is 7.05 Å². The zero-order chi connectivity index (χ0) is 15.4. The van der Waals surface area contributed by atoms with Crippen LogP contribution in [-0.2, 0) is 23.1 Å². The van der Waals surface area contributed by atoms with Crippen LogP contribution in [0.15, 0.2) is 0 Å². The van der Waals surface area contributed by atoms with E-state index in [9.17, 15) is 4.79 Å². The average molecular weight is 316 g/mol. The van der Waals surface area contributed by atoms with Crippen molar-refractivity contribution >= 4 is 17.6 Å². The van der Waals surface area contributed by atoms with Gasteiger partial charge in [0.05, 0.1) is 35.5 Å². The fourth-order valence-corrected chi connectivity index (χ4v) is 2.83. The van der Waals surface area contributed by atoms with E-state index in [4.69, 9.17) is 21.4 Å². The number of piperidine rings is 1. The number of ether oxygens (including phenoxy) is 1. The van der Waals surface area contributed by atoms with E-state index in [0.717, 1.165) is 48.9 Å². The fourth-order valence-electron chi connectivity index (χ4n) is 2.61. The van der Waals surface area contributed by atoms with Crippen LogP contribution in [0.2, 0.25) is 5.02 Å². The number of nitrogens with zero attached hydrogens (tertiary/aromatic N) is 3. The molecule has 1 aliphatic rings. The highest BCUT2D eigenvalue weighted by Crippen LogP contribution is 2.23. The minimum atomic E-state index is -0.811. The summed E-state index contributed by atoms with van der Waals surface area (Å²) in [4.78, 5) is 12.8. The Bertz CT molecular complexity index is 496. The second-order valence-electron chi connectivity index (χ2n) is 5.46. The van der Waals surface area contributed by atoms with Crippen LogP contribution >= 0.6 is 11.6 Å². The zero-order valence-corrected chi connectivity index (χ0v) is 13.3. The van der Waals surface area contributed by atoms with E-state index in [-0.39, 0.29) is 12.5 Å². The van der Waals surface area contributed by atoms with E-state index < -0.39 is 5.97 Å². The normalized spacial score (nSPS) is 17.3. The minimum Gasteiger partial charge on any atom is -0.481 e. The lowest BCUT2D eigenvalue weighted by Crippen LogP contribution is -2.37. The summed E-state index contributed by atoms with van der Waals surface area (Å²) >= 11 is 6.27. The molecule has 0 atom stereocenters. The highest BCUT2D eigenvalue weighted by molar-refractivity contribution is 6.31. The van der Waals surface area contributed by atoms with Gasteiger partial charge in [0, 0.05) is 26.7 Å². The first-order chi connectivity index (χ1) is 9.97. The standard InChI is InChI=1S/C14H22ClN3O3/c1-10-14(15)12(17(2)16-10)9-18-6-3-11(4-7-18)21-8-5-13(19)20/h11H,3-9H2,1-2H3,(H,19,20). The van der Waals surface area contributed by atoms with E-state index in [1.54, 1.807) is 0 Å². The summed E-state index contributed by atoms with van der Waals surface area (Å²) in [7, 11) is 1.91. The molecular weight excluding hydrogens is 294 g/mol. The van der Waals surface area contributed by atoms with Gasteiger partial charge >= 0.3 is 5.97 Å². The first kappa shape index (κ1) is 16.3. The van der Waals surface area contributed by atoms with E-state index in [0.29, 0.717) is 6.61 Å². The van der Waals surface area contributed by atoms with Gasteiger partial charge in [0.2, 0.25) is 0 Å². The summed E-state index contributed by atoms with van der Waals surface area (Å²) in [5, 5.41) is 13.7. The molecule has 2 rings (SSSR count). The van der Waals surface area contributed by atoms with Crippen LogP contribution in [0, 0.1) is 6.92 Å². The van der Waals surface area contributed by atoms with Gasteiger partial charge in [-0.3, -0.25) is 14.4 Å². The molecule has 0 spiro atoms. The van der Waals surface area contributed by atoms with Gasteiger partial charge in [-0.2, -0.15) is 5.10 Å². The van der Waals surface area contributed by atoms with Crippen LogP contribution in [0.25, 0.3) is 0 Å². The van der Waals surface area contributed by atoms with Crippen molar-refractivity contribution in [1.82, 2.24) is 14.7 Å². The highest BCUT2D eigenvalue weighted by Gasteiger charge is 2.22.